The van der Waals surface area contributed by atoms with Crippen LogP contribution in [0.3, 0.4) is 0 Å². The molecule has 0 bridgehead atoms. The van der Waals surface area contributed by atoms with Crippen molar-refractivity contribution in [2.75, 3.05) is 13.3 Å². The quantitative estimate of drug-likeness (QED) is 0.386. The first-order valence-corrected chi connectivity index (χ1v) is 5.98. The van der Waals surface area contributed by atoms with Crippen molar-refractivity contribution in [3.8, 4) is 0 Å². The number of halogens is 1. The van der Waals surface area contributed by atoms with Crippen molar-refractivity contribution < 1.29 is 34.3 Å². The fourth-order valence-corrected chi connectivity index (χ4v) is 2.40. The van der Waals surface area contributed by atoms with E-state index in [-0.39, 0.29) is 0 Å². The van der Waals surface area contributed by atoms with Gasteiger partial charge in [0.05, 0.1) is 6.61 Å². The summed E-state index contributed by atoms with van der Waals surface area (Å²) in [6.45, 7) is -0.888. The Morgan fingerprint density at radius 3 is 2.65 bits per heavy atom. The largest absolute Gasteiger partial charge is 0.393 e. The molecule has 0 aromatic heterocycles. The summed E-state index contributed by atoms with van der Waals surface area (Å²) in [7, 11) is 0. The van der Waals surface area contributed by atoms with E-state index in [1.807, 2.05) is 0 Å². The van der Waals surface area contributed by atoms with Gasteiger partial charge in [0, 0.05) is 12.3 Å². The van der Waals surface area contributed by atoms with Crippen LogP contribution in [-0.4, -0.2) is 74.4 Å². The standard InChI is InChI=1S/C11H17FN2O6/c1-10(19)7(17)11(4-12,5-15)20-8(10)14-3-2-6(16)13-9(14)18/h2-3,7-9,15,17-19H,4-5H2,1H3,(H,13,16). The van der Waals surface area contributed by atoms with Gasteiger partial charge in [-0.05, 0) is 6.92 Å². The molecule has 0 radical (unpaired) electrons. The fourth-order valence-electron chi connectivity index (χ4n) is 2.40. The molecule has 2 aliphatic rings. The van der Waals surface area contributed by atoms with Gasteiger partial charge in [0.1, 0.15) is 18.4 Å². The fraction of sp³-hybridized carbons (Fsp3) is 0.727. The van der Waals surface area contributed by atoms with Gasteiger partial charge in [-0.2, -0.15) is 0 Å². The van der Waals surface area contributed by atoms with Gasteiger partial charge in [0.2, 0.25) is 12.3 Å². The minimum atomic E-state index is -1.98. The van der Waals surface area contributed by atoms with E-state index < -0.39 is 49.1 Å². The van der Waals surface area contributed by atoms with Crippen LogP contribution in [0, 0.1) is 0 Å². The van der Waals surface area contributed by atoms with Gasteiger partial charge in [0.25, 0.3) is 0 Å². The molecule has 0 saturated carbocycles. The first-order valence-electron chi connectivity index (χ1n) is 5.98. The smallest absolute Gasteiger partial charge is 0.248 e. The minimum Gasteiger partial charge on any atom is -0.393 e. The predicted octanol–water partition coefficient (Wildman–Crippen LogP) is -2.62. The first kappa shape index (κ1) is 15.1. The van der Waals surface area contributed by atoms with Crippen LogP contribution in [0.2, 0.25) is 0 Å². The molecule has 8 nitrogen and oxygen atoms in total. The maximum absolute atomic E-state index is 13.1. The second-order valence-electron chi connectivity index (χ2n) is 5.10. The van der Waals surface area contributed by atoms with Crippen LogP contribution in [0.15, 0.2) is 12.3 Å². The van der Waals surface area contributed by atoms with Gasteiger partial charge < -0.3 is 35.4 Å². The summed E-state index contributed by atoms with van der Waals surface area (Å²) in [5.41, 5.74) is -3.95. The Hall–Kier alpha value is -1.26. The monoisotopic (exact) mass is 292 g/mol. The number of alkyl halides is 1. The maximum atomic E-state index is 13.1. The van der Waals surface area contributed by atoms with E-state index in [4.69, 9.17) is 4.74 Å². The highest BCUT2D eigenvalue weighted by Crippen LogP contribution is 2.40. The summed E-state index contributed by atoms with van der Waals surface area (Å²) in [5, 5.41) is 41.5. The third kappa shape index (κ3) is 2.07. The van der Waals surface area contributed by atoms with Gasteiger partial charge >= 0.3 is 0 Å². The second kappa shape index (κ2) is 4.93. The summed E-state index contributed by atoms with van der Waals surface area (Å²) in [5.74, 6) is -0.550. The molecule has 2 rings (SSSR count). The highest BCUT2D eigenvalue weighted by atomic mass is 19.1. The lowest BCUT2D eigenvalue weighted by Crippen LogP contribution is -2.59. The predicted molar refractivity (Wildman–Crippen MR) is 62.4 cm³/mol. The molecule has 0 aliphatic carbocycles. The van der Waals surface area contributed by atoms with Crippen molar-refractivity contribution in [2.24, 2.45) is 0 Å². The van der Waals surface area contributed by atoms with Crippen molar-refractivity contribution in [3.63, 3.8) is 0 Å². The molecule has 5 N–H and O–H groups in total. The number of carbonyl (C=O) groups is 1. The van der Waals surface area contributed by atoms with E-state index in [0.717, 1.165) is 17.2 Å². The van der Waals surface area contributed by atoms with Crippen LogP contribution in [0.5, 0.6) is 0 Å². The van der Waals surface area contributed by atoms with E-state index in [9.17, 15) is 29.6 Å². The van der Waals surface area contributed by atoms with Crippen molar-refractivity contribution in [1.82, 2.24) is 10.2 Å². The van der Waals surface area contributed by atoms with E-state index in [1.165, 1.54) is 6.92 Å². The van der Waals surface area contributed by atoms with Crippen LogP contribution in [0.25, 0.3) is 0 Å². The van der Waals surface area contributed by atoms with Gasteiger partial charge in [-0.3, -0.25) is 4.79 Å². The Bertz CT molecular complexity index is 425. The zero-order valence-electron chi connectivity index (χ0n) is 10.7. The van der Waals surface area contributed by atoms with Gasteiger partial charge in [0.15, 0.2) is 11.8 Å². The third-order valence-electron chi connectivity index (χ3n) is 3.61. The number of amides is 1. The molecule has 114 valence electrons. The van der Waals surface area contributed by atoms with Crippen molar-refractivity contribution >= 4 is 5.91 Å². The number of aliphatic hydroxyl groups excluding tert-OH is 3. The van der Waals surface area contributed by atoms with Gasteiger partial charge in [-0.15, -0.1) is 0 Å². The van der Waals surface area contributed by atoms with E-state index >= 15 is 0 Å². The van der Waals surface area contributed by atoms with Crippen LogP contribution in [0.1, 0.15) is 6.92 Å². The molecule has 2 aliphatic heterocycles. The molecule has 0 spiro atoms. The molecule has 5 atom stereocenters. The molecular formula is C11H17FN2O6. The molecule has 2 heterocycles. The first-order chi connectivity index (χ1) is 9.28. The molecule has 9 heteroatoms. The van der Waals surface area contributed by atoms with E-state index in [1.54, 1.807) is 0 Å². The highest BCUT2D eigenvalue weighted by Gasteiger charge is 2.63. The van der Waals surface area contributed by atoms with Gasteiger partial charge in [-0.1, -0.05) is 0 Å². The summed E-state index contributed by atoms with van der Waals surface area (Å²) in [6, 6.07) is 0. The van der Waals surface area contributed by atoms with Crippen molar-refractivity contribution in [1.29, 1.82) is 0 Å². The van der Waals surface area contributed by atoms with Crippen LogP contribution < -0.4 is 5.32 Å². The Morgan fingerprint density at radius 2 is 2.20 bits per heavy atom. The Balaban J connectivity index is 2.33. The Kier molecular flexibility index (Phi) is 3.73. The lowest BCUT2D eigenvalue weighted by molar-refractivity contribution is -0.190. The molecule has 20 heavy (non-hydrogen) atoms. The summed E-state index contributed by atoms with van der Waals surface area (Å²) in [4.78, 5) is 12.1. The Labute approximate surface area is 114 Å². The molecule has 5 unspecified atom stereocenters. The summed E-state index contributed by atoms with van der Waals surface area (Å²) < 4.78 is 18.4. The van der Waals surface area contributed by atoms with Crippen LogP contribution in [0.4, 0.5) is 4.39 Å². The molecular weight excluding hydrogens is 275 g/mol. The average Bonchev–Trinajstić information content (AvgIpc) is 2.60. The molecule has 1 saturated heterocycles. The highest BCUT2D eigenvalue weighted by molar-refractivity contribution is 5.88. The number of rotatable bonds is 3. The number of ether oxygens (including phenoxy) is 1. The number of nitrogens with one attached hydrogen (secondary N) is 1. The summed E-state index contributed by atoms with van der Waals surface area (Å²) in [6.07, 6.45) is -2.35. The second-order valence-corrected chi connectivity index (χ2v) is 5.10. The van der Waals surface area contributed by atoms with Crippen LogP contribution >= 0.6 is 0 Å². The third-order valence-corrected chi connectivity index (χ3v) is 3.61. The minimum absolute atomic E-state index is 0.550. The maximum Gasteiger partial charge on any atom is 0.248 e. The zero-order chi connectivity index (χ0) is 15.1. The normalized spacial score (nSPS) is 44.8. The number of nitrogens with zero attached hydrogens (tertiary/aromatic N) is 1. The van der Waals surface area contributed by atoms with Crippen LogP contribution in [-0.2, 0) is 9.53 Å². The summed E-state index contributed by atoms with van der Waals surface area (Å²) >= 11 is 0. The van der Waals surface area contributed by atoms with E-state index in [2.05, 4.69) is 5.32 Å². The van der Waals surface area contributed by atoms with Gasteiger partial charge in [-0.25, -0.2) is 4.39 Å². The molecule has 1 amide bonds. The lowest BCUT2D eigenvalue weighted by Gasteiger charge is -2.39. The van der Waals surface area contributed by atoms with Crippen molar-refractivity contribution in [2.45, 2.75) is 36.8 Å². The molecule has 0 aromatic carbocycles. The Morgan fingerprint density at radius 1 is 1.55 bits per heavy atom. The number of hydrogen-bond donors (Lipinski definition) is 5. The molecule has 1 fully saturated rings. The number of hydrogen-bond acceptors (Lipinski definition) is 7. The lowest BCUT2D eigenvalue weighted by atomic mass is 9.88. The van der Waals surface area contributed by atoms with E-state index in [0.29, 0.717) is 0 Å². The zero-order valence-corrected chi connectivity index (χ0v) is 10.7. The number of carbonyl (C=O) groups excluding carboxylic acids is 1. The number of aliphatic hydroxyl groups is 4. The SMILES string of the molecule is CC1(O)C(N2C=CC(=O)NC2O)OC(CO)(CF)C1O. The van der Waals surface area contributed by atoms with Crippen molar-refractivity contribution in [3.05, 3.63) is 12.3 Å². The average molecular weight is 292 g/mol. The topological polar surface area (TPSA) is 122 Å². The molecule has 0 aromatic rings.